The van der Waals surface area contributed by atoms with Gasteiger partial charge in [-0.05, 0) is 55.5 Å². The molecule has 2 atom stereocenters. The first-order chi connectivity index (χ1) is 18.3. The number of aromatic nitrogens is 1. The first-order valence-corrected chi connectivity index (χ1v) is 14.4. The second-order valence-corrected chi connectivity index (χ2v) is 11.3. The van der Waals surface area contributed by atoms with Crippen molar-refractivity contribution in [2.45, 2.75) is 69.0 Å². The molecule has 0 spiro atoms. The minimum atomic E-state index is -4.18. The number of aryl methyl sites for hydroxylation is 1. The van der Waals surface area contributed by atoms with Crippen molar-refractivity contribution >= 4 is 21.7 Å². The number of anilines is 1. The van der Waals surface area contributed by atoms with Gasteiger partial charge in [-0.25, -0.2) is 9.78 Å². The minimum absolute atomic E-state index is 0.0256. The second kappa shape index (κ2) is 11.8. The van der Waals surface area contributed by atoms with Gasteiger partial charge in [0.25, 0.3) is 10.0 Å². The van der Waals surface area contributed by atoms with E-state index in [0.717, 1.165) is 12.0 Å². The number of sulfonamides is 1. The fourth-order valence-corrected chi connectivity index (χ4v) is 6.79. The Balaban J connectivity index is 1.74. The van der Waals surface area contributed by atoms with Crippen LogP contribution < -0.4 is 4.31 Å². The van der Waals surface area contributed by atoms with Crippen LogP contribution in [0, 0.1) is 0 Å². The third-order valence-electron chi connectivity index (χ3n) is 6.92. The smallest absolute Gasteiger partial charge is 0.340 e. The van der Waals surface area contributed by atoms with Crippen molar-refractivity contribution in [3.63, 3.8) is 0 Å². The summed E-state index contributed by atoms with van der Waals surface area (Å²) in [6.45, 7) is 3.80. The monoisotopic (exact) mass is 534 g/mol. The molecule has 200 valence electrons. The Morgan fingerprint density at radius 1 is 0.974 bits per heavy atom. The number of ether oxygens (including phenoxy) is 1. The number of pyridine rings is 1. The SMILES string of the molecule is CCCC1(CCc2ccccc2)CC(O)=C(C(CC)N(c2ccccc2)S(=O)(=O)c2ccccn2)C(=O)O1. The van der Waals surface area contributed by atoms with E-state index in [0.29, 0.717) is 24.9 Å². The number of hydrogen-bond donors (Lipinski definition) is 1. The van der Waals surface area contributed by atoms with E-state index in [1.165, 1.54) is 16.6 Å². The van der Waals surface area contributed by atoms with Crippen LogP contribution in [0.4, 0.5) is 5.69 Å². The van der Waals surface area contributed by atoms with Crippen LogP contribution >= 0.6 is 0 Å². The van der Waals surface area contributed by atoms with E-state index in [1.807, 2.05) is 37.3 Å². The molecule has 1 aromatic heterocycles. The van der Waals surface area contributed by atoms with Gasteiger partial charge < -0.3 is 9.84 Å². The molecule has 38 heavy (non-hydrogen) atoms. The highest BCUT2D eigenvalue weighted by atomic mass is 32.2. The van der Waals surface area contributed by atoms with Crippen molar-refractivity contribution in [3.05, 3.63) is 102 Å². The van der Waals surface area contributed by atoms with Gasteiger partial charge in [0.05, 0.1) is 17.3 Å². The maximum atomic E-state index is 13.9. The number of hydrogen-bond acceptors (Lipinski definition) is 6. The molecule has 3 aromatic rings. The maximum absolute atomic E-state index is 13.9. The van der Waals surface area contributed by atoms with E-state index in [2.05, 4.69) is 4.98 Å². The number of cyclic esters (lactones) is 1. The van der Waals surface area contributed by atoms with E-state index in [-0.39, 0.29) is 29.2 Å². The standard InChI is InChI=1S/C30H34N2O5S/c1-3-19-30(20-18-23-13-7-5-8-14-23)22-26(33)28(29(34)37-30)25(4-2)32(24-15-9-6-10-16-24)38(35,36)27-17-11-12-21-31-27/h5-17,21,25,33H,3-4,18-20,22H2,1-2H3. The van der Waals surface area contributed by atoms with E-state index in [9.17, 15) is 18.3 Å². The lowest BCUT2D eigenvalue weighted by Gasteiger charge is -2.40. The first kappa shape index (κ1) is 27.4. The zero-order chi connectivity index (χ0) is 27.2. The van der Waals surface area contributed by atoms with Crippen molar-refractivity contribution in [1.29, 1.82) is 0 Å². The number of rotatable bonds is 11. The highest BCUT2D eigenvalue weighted by Gasteiger charge is 2.46. The summed E-state index contributed by atoms with van der Waals surface area (Å²) >= 11 is 0. The lowest BCUT2D eigenvalue weighted by molar-refractivity contribution is -0.161. The van der Waals surface area contributed by atoms with Gasteiger partial charge >= 0.3 is 5.97 Å². The topological polar surface area (TPSA) is 96.8 Å². The van der Waals surface area contributed by atoms with E-state index >= 15 is 0 Å². The number of para-hydroxylation sites is 1. The third-order valence-corrected chi connectivity index (χ3v) is 8.68. The van der Waals surface area contributed by atoms with Gasteiger partial charge in [0.2, 0.25) is 0 Å². The predicted molar refractivity (Wildman–Crippen MR) is 147 cm³/mol. The van der Waals surface area contributed by atoms with Crippen LogP contribution in [0.5, 0.6) is 0 Å². The summed E-state index contributed by atoms with van der Waals surface area (Å²) in [7, 11) is -4.18. The number of carbonyl (C=O) groups excluding carboxylic acids is 1. The van der Waals surface area contributed by atoms with Crippen LogP contribution in [0.25, 0.3) is 0 Å². The molecular weight excluding hydrogens is 500 g/mol. The van der Waals surface area contributed by atoms with Crippen LogP contribution in [0.3, 0.4) is 0 Å². The molecule has 0 saturated carbocycles. The van der Waals surface area contributed by atoms with E-state index < -0.39 is 27.6 Å². The quantitative estimate of drug-likeness (QED) is 0.304. The summed E-state index contributed by atoms with van der Waals surface area (Å²) < 4.78 is 35.1. The fourth-order valence-electron chi connectivity index (χ4n) is 5.16. The van der Waals surface area contributed by atoms with Crippen molar-refractivity contribution in [1.82, 2.24) is 4.98 Å². The van der Waals surface area contributed by atoms with Crippen molar-refractivity contribution < 1.29 is 23.1 Å². The van der Waals surface area contributed by atoms with E-state index in [4.69, 9.17) is 4.74 Å². The molecule has 2 aromatic carbocycles. The number of esters is 1. The molecule has 0 saturated heterocycles. The average Bonchev–Trinajstić information content (AvgIpc) is 2.92. The molecule has 0 fully saturated rings. The van der Waals surface area contributed by atoms with Crippen molar-refractivity contribution in [2.24, 2.45) is 0 Å². The molecule has 1 N–H and O–H groups in total. The third kappa shape index (κ3) is 5.75. The van der Waals surface area contributed by atoms with Crippen LogP contribution in [0.1, 0.15) is 51.5 Å². The maximum Gasteiger partial charge on any atom is 0.340 e. The molecule has 7 nitrogen and oxygen atoms in total. The van der Waals surface area contributed by atoms with Crippen molar-refractivity contribution in [2.75, 3.05) is 4.31 Å². The normalized spacial score (nSPS) is 18.6. The highest BCUT2D eigenvalue weighted by Crippen LogP contribution is 2.40. The Morgan fingerprint density at radius 2 is 1.63 bits per heavy atom. The Labute approximate surface area is 224 Å². The minimum Gasteiger partial charge on any atom is -0.512 e. The molecule has 0 radical (unpaired) electrons. The fraction of sp³-hybridized carbons (Fsp3) is 0.333. The Hall–Kier alpha value is -3.65. The van der Waals surface area contributed by atoms with Crippen LogP contribution in [0.15, 0.2) is 101 Å². The highest BCUT2D eigenvalue weighted by molar-refractivity contribution is 7.92. The predicted octanol–water partition coefficient (Wildman–Crippen LogP) is 5.99. The summed E-state index contributed by atoms with van der Waals surface area (Å²) in [5.41, 5.74) is 0.608. The van der Waals surface area contributed by atoms with Crippen LogP contribution in [-0.4, -0.2) is 36.1 Å². The molecule has 8 heteroatoms. The number of aliphatic hydroxyl groups excluding tert-OH is 1. The number of aliphatic hydroxyl groups is 1. The summed E-state index contributed by atoms with van der Waals surface area (Å²) in [5.74, 6) is -0.800. The number of nitrogens with zero attached hydrogens (tertiary/aromatic N) is 2. The summed E-state index contributed by atoms with van der Waals surface area (Å²) in [6.07, 6.45) is 4.39. The lowest BCUT2D eigenvalue weighted by atomic mass is 9.82. The van der Waals surface area contributed by atoms with Gasteiger partial charge in [0.15, 0.2) is 5.03 Å². The van der Waals surface area contributed by atoms with Gasteiger partial charge in [-0.2, -0.15) is 8.42 Å². The molecular formula is C30H34N2O5S. The molecule has 1 aliphatic heterocycles. The Morgan fingerprint density at radius 3 is 2.21 bits per heavy atom. The molecule has 2 unspecified atom stereocenters. The molecule has 0 amide bonds. The second-order valence-electron chi connectivity index (χ2n) is 9.57. The summed E-state index contributed by atoms with van der Waals surface area (Å²) in [4.78, 5) is 17.7. The summed E-state index contributed by atoms with van der Waals surface area (Å²) in [5, 5.41) is 11.2. The van der Waals surface area contributed by atoms with Crippen molar-refractivity contribution in [3.8, 4) is 0 Å². The van der Waals surface area contributed by atoms with Crippen LogP contribution in [0.2, 0.25) is 0 Å². The Kier molecular flexibility index (Phi) is 8.52. The summed E-state index contributed by atoms with van der Waals surface area (Å²) in [6, 6.07) is 22.2. The van der Waals surface area contributed by atoms with Gasteiger partial charge in [0, 0.05) is 12.6 Å². The van der Waals surface area contributed by atoms with Gasteiger partial charge in [-0.3, -0.25) is 4.31 Å². The van der Waals surface area contributed by atoms with Gasteiger partial charge in [-0.15, -0.1) is 0 Å². The molecule has 0 aliphatic carbocycles. The zero-order valence-electron chi connectivity index (χ0n) is 21.8. The van der Waals surface area contributed by atoms with Crippen LogP contribution in [-0.2, 0) is 26.0 Å². The van der Waals surface area contributed by atoms with E-state index in [1.54, 1.807) is 49.4 Å². The largest absolute Gasteiger partial charge is 0.512 e. The number of benzene rings is 2. The van der Waals surface area contributed by atoms with Gasteiger partial charge in [-0.1, -0.05) is 74.9 Å². The first-order valence-electron chi connectivity index (χ1n) is 13.0. The molecule has 1 aliphatic rings. The number of carbonyl (C=O) groups is 1. The molecule has 0 bridgehead atoms. The molecule has 2 heterocycles. The Bertz CT molecular complexity index is 1360. The zero-order valence-corrected chi connectivity index (χ0v) is 22.6. The van der Waals surface area contributed by atoms with Gasteiger partial charge in [0.1, 0.15) is 11.4 Å². The average molecular weight is 535 g/mol. The lowest BCUT2D eigenvalue weighted by Crippen LogP contribution is -2.48. The molecule has 4 rings (SSSR count).